The first kappa shape index (κ1) is 17.0. The number of rotatable bonds is 3. The maximum absolute atomic E-state index is 12.0. The summed E-state index contributed by atoms with van der Waals surface area (Å²) < 4.78 is 16.9. The third-order valence-corrected chi connectivity index (χ3v) is 5.67. The number of ether oxygens (including phenoxy) is 2. The molecule has 1 aliphatic rings. The van der Waals surface area contributed by atoms with Crippen LogP contribution >= 0.6 is 11.8 Å². The Kier molecular flexibility index (Phi) is 4.64. The van der Waals surface area contributed by atoms with Crippen molar-refractivity contribution < 1.29 is 13.9 Å². The van der Waals surface area contributed by atoms with Crippen LogP contribution in [0.2, 0.25) is 0 Å². The van der Waals surface area contributed by atoms with Gasteiger partial charge in [-0.1, -0.05) is 12.1 Å². The van der Waals surface area contributed by atoms with E-state index in [1.54, 1.807) is 17.8 Å². The molecule has 4 nitrogen and oxygen atoms in total. The third-order valence-electron chi connectivity index (χ3n) is 4.63. The van der Waals surface area contributed by atoms with Crippen LogP contribution in [0.25, 0.3) is 11.0 Å². The lowest BCUT2D eigenvalue weighted by atomic mass is 10.0. The molecular weight excluding hydrogens is 348 g/mol. The van der Waals surface area contributed by atoms with E-state index in [0.29, 0.717) is 24.5 Å². The molecule has 5 heteroatoms. The molecule has 26 heavy (non-hydrogen) atoms. The van der Waals surface area contributed by atoms with Gasteiger partial charge in [0.15, 0.2) is 11.5 Å². The number of hydrogen-bond donors (Lipinski definition) is 0. The van der Waals surface area contributed by atoms with E-state index < -0.39 is 0 Å². The molecule has 0 N–H and O–H groups in total. The van der Waals surface area contributed by atoms with Crippen LogP contribution < -0.4 is 15.1 Å². The van der Waals surface area contributed by atoms with Crippen molar-refractivity contribution in [3.8, 4) is 11.5 Å². The SMILES string of the molecule is Cc1ccc2c(CSc3ccc4c(c3)OCCCO4)cc(=O)oc2c1C. The van der Waals surface area contributed by atoms with Gasteiger partial charge in [0.25, 0.3) is 0 Å². The van der Waals surface area contributed by atoms with E-state index in [1.807, 2.05) is 38.1 Å². The van der Waals surface area contributed by atoms with Crippen LogP contribution in [0.1, 0.15) is 23.1 Å². The molecule has 0 saturated heterocycles. The largest absolute Gasteiger partial charge is 0.490 e. The average Bonchev–Trinajstić information content (AvgIpc) is 2.88. The molecule has 134 valence electrons. The summed E-state index contributed by atoms with van der Waals surface area (Å²) in [5.74, 6) is 2.27. The van der Waals surface area contributed by atoms with E-state index in [9.17, 15) is 4.79 Å². The second-order valence-corrected chi connectivity index (χ2v) is 7.47. The molecule has 0 unspecified atom stereocenters. The Balaban J connectivity index is 1.63. The van der Waals surface area contributed by atoms with Crippen molar-refractivity contribution in [1.82, 2.24) is 0 Å². The minimum atomic E-state index is -0.305. The zero-order chi connectivity index (χ0) is 18.1. The normalized spacial score (nSPS) is 13.6. The minimum absolute atomic E-state index is 0.305. The molecule has 0 bridgehead atoms. The fourth-order valence-electron chi connectivity index (χ4n) is 3.04. The molecule has 0 saturated carbocycles. The second kappa shape index (κ2) is 7.08. The van der Waals surface area contributed by atoms with E-state index in [4.69, 9.17) is 13.9 Å². The van der Waals surface area contributed by atoms with E-state index in [-0.39, 0.29) is 5.63 Å². The van der Waals surface area contributed by atoms with Crippen LogP contribution in [-0.2, 0) is 5.75 Å². The maximum atomic E-state index is 12.0. The number of hydrogen-bond acceptors (Lipinski definition) is 5. The number of fused-ring (bicyclic) bond motifs is 2. The third kappa shape index (κ3) is 3.31. The highest BCUT2D eigenvalue weighted by Gasteiger charge is 2.13. The monoisotopic (exact) mass is 368 g/mol. The van der Waals surface area contributed by atoms with E-state index in [0.717, 1.165) is 44.9 Å². The summed E-state index contributed by atoms with van der Waals surface area (Å²) in [5, 5.41) is 0.995. The van der Waals surface area contributed by atoms with E-state index in [2.05, 4.69) is 6.07 Å². The first-order chi connectivity index (χ1) is 12.6. The first-order valence-electron chi connectivity index (χ1n) is 8.67. The van der Waals surface area contributed by atoms with Gasteiger partial charge >= 0.3 is 5.63 Å². The van der Waals surface area contributed by atoms with Crippen LogP contribution in [0, 0.1) is 13.8 Å². The molecule has 4 rings (SSSR count). The van der Waals surface area contributed by atoms with Crippen LogP contribution in [-0.4, -0.2) is 13.2 Å². The van der Waals surface area contributed by atoms with Gasteiger partial charge in [0, 0.05) is 28.5 Å². The van der Waals surface area contributed by atoms with Crippen molar-refractivity contribution >= 4 is 22.7 Å². The van der Waals surface area contributed by atoms with Crippen molar-refractivity contribution in [2.75, 3.05) is 13.2 Å². The van der Waals surface area contributed by atoms with Gasteiger partial charge in [0.1, 0.15) is 5.58 Å². The van der Waals surface area contributed by atoms with Crippen molar-refractivity contribution in [3.63, 3.8) is 0 Å². The summed E-state index contributed by atoms with van der Waals surface area (Å²) in [7, 11) is 0. The van der Waals surface area contributed by atoms with Crippen molar-refractivity contribution in [2.45, 2.75) is 30.9 Å². The molecule has 1 aliphatic heterocycles. The highest BCUT2D eigenvalue weighted by molar-refractivity contribution is 7.98. The quantitative estimate of drug-likeness (QED) is 0.488. The van der Waals surface area contributed by atoms with Gasteiger partial charge in [0.05, 0.1) is 13.2 Å². The molecule has 2 aromatic carbocycles. The summed E-state index contributed by atoms with van der Waals surface area (Å²) >= 11 is 1.67. The van der Waals surface area contributed by atoms with Crippen LogP contribution in [0.5, 0.6) is 11.5 Å². The molecule has 3 aromatic rings. The zero-order valence-electron chi connectivity index (χ0n) is 14.8. The molecule has 0 amide bonds. The van der Waals surface area contributed by atoms with Crippen LogP contribution in [0.4, 0.5) is 0 Å². The summed E-state index contributed by atoms with van der Waals surface area (Å²) in [5.41, 5.74) is 3.50. The van der Waals surface area contributed by atoms with Gasteiger partial charge in [-0.3, -0.25) is 0 Å². The maximum Gasteiger partial charge on any atom is 0.336 e. The number of aryl methyl sites for hydroxylation is 2. The van der Waals surface area contributed by atoms with E-state index in [1.165, 1.54) is 0 Å². The Hall–Kier alpha value is -2.40. The summed E-state index contributed by atoms with van der Waals surface area (Å²) in [6, 6.07) is 11.7. The van der Waals surface area contributed by atoms with Gasteiger partial charge in [-0.25, -0.2) is 4.79 Å². The molecule has 0 spiro atoms. The van der Waals surface area contributed by atoms with Gasteiger partial charge in [-0.2, -0.15) is 0 Å². The lowest BCUT2D eigenvalue weighted by Gasteiger charge is -2.11. The summed E-state index contributed by atoms with van der Waals surface area (Å²) in [4.78, 5) is 13.1. The lowest BCUT2D eigenvalue weighted by Crippen LogP contribution is -2.01. The molecule has 2 heterocycles. The van der Waals surface area contributed by atoms with Gasteiger partial charge in [-0.15, -0.1) is 11.8 Å². The zero-order valence-corrected chi connectivity index (χ0v) is 15.7. The topological polar surface area (TPSA) is 48.7 Å². The smallest absolute Gasteiger partial charge is 0.336 e. The molecular formula is C21H20O4S. The van der Waals surface area contributed by atoms with E-state index >= 15 is 0 Å². The summed E-state index contributed by atoms with van der Waals surface area (Å²) in [6.45, 7) is 5.36. The Labute approximate surface area is 156 Å². The van der Waals surface area contributed by atoms with Gasteiger partial charge in [-0.05, 0) is 48.7 Å². The van der Waals surface area contributed by atoms with Crippen LogP contribution in [0.3, 0.4) is 0 Å². The number of benzene rings is 2. The predicted octanol–water partition coefficient (Wildman–Crippen LogP) is 4.86. The Bertz CT molecular complexity index is 1020. The van der Waals surface area contributed by atoms with Crippen LogP contribution in [0.15, 0.2) is 50.5 Å². The molecule has 0 aliphatic carbocycles. The van der Waals surface area contributed by atoms with Gasteiger partial charge < -0.3 is 13.9 Å². The predicted molar refractivity (Wildman–Crippen MR) is 104 cm³/mol. The molecule has 1 aromatic heterocycles. The molecule has 0 atom stereocenters. The standard InChI is InChI=1S/C21H20O4S/c1-13-4-6-17-15(10-20(22)25-21(17)14(13)2)12-26-16-5-7-18-19(11-16)24-9-3-8-23-18/h4-7,10-11H,3,8-9,12H2,1-2H3. The van der Waals surface area contributed by atoms with Crippen molar-refractivity contribution in [1.29, 1.82) is 0 Å². The van der Waals surface area contributed by atoms with Gasteiger partial charge in [0.2, 0.25) is 0 Å². The first-order valence-corrected chi connectivity index (χ1v) is 9.66. The van der Waals surface area contributed by atoms with Crippen molar-refractivity contribution in [3.05, 3.63) is 63.5 Å². The highest BCUT2D eigenvalue weighted by Crippen LogP contribution is 2.35. The Morgan fingerprint density at radius 1 is 1.00 bits per heavy atom. The Morgan fingerprint density at radius 2 is 1.81 bits per heavy atom. The molecule has 0 fully saturated rings. The van der Waals surface area contributed by atoms with Crippen molar-refractivity contribution in [2.24, 2.45) is 0 Å². The summed E-state index contributed by atoms with van der Waals surface area (Å²) in [6.07, 6.45) is 0.891. The second-order valence-electron chi connectivity index (χ2n) is 6.42. The highest BCUT2D eigenvalue weighted by atomic mass is 32.2. The average molecular weight is 368 g/mol. The fraction of sp³-hybridized carbons (Fsp3) is 0.286. The fourth-order valence-corrected chi connectivity index (χ4v) is 3.95. The number of thioether (sulfide) groups is 1. The minimum Gasteiger partial charge on any atom is -0.490 e. The Morgan fingerprint density at radius 3 is 2.65 bits per heavy atom. The molecule has 0 radical (unpaired) electrons. The lowest BCUT2D eigenvalue weighted by molar-refractivity contribution is 0.297.